The maximum absolute atomic E-state index is 14.0. The van der Waals surface area contributed by atoms with Gasteiger partial charge in [0.05, 0.1) is 6.10 Å². The topological polar surface area (TPSA) is 97.4 Å². The molecule has 174 valence electrons. The second-order valence-electron chi connectivity index (χ2n) is 7.82. The number of halogens is 1. The maximum Gasteiger partial charge on any atom is 0.243 e. The number of sulfonamides is 1. The van der Waals surface area contributed by atoms with Gasteiger partial charge in [0.1, 0.15) is 22.8 Å². The number of benzene rings is 1. The van der Waals surface area contributed by atoms with Gasteiger partial charge >= 0.3 is 0 Å². The van der Waals surface area contributed by atoms with Crippen LogP contribution in [0.15, 0.2) is 23.2 Å². The number of ether oxygens (including phenoxy) is 1. The first-order valence-electron chi connectivity index (χ1n) is 10.8. The highest BCUT2D eigenvalue weighted by atomic mass is 32.2. The van der Waals surface area contributed by atoms with E-state index in [1.165, 1.54) is 18.2 Å². The van der Waals surface area contributed by atoms with Crippen LogP contribution in [-0.2, 0) is 40.4 Å². The molecule has 2 aliphatic carbocycles. The van der Waals surface area contributed by atoms with Gasteiger partial charge < -0.3 is 10.1 Å². The van der Waals surface area contributed by atoms with Crippen LogP contribution in [0.1, 0.15) is 52.4 Å². The van der Waals surface area contributed by atoms with Gasteiger partial charge in [0.2, 0.25) is 10.0 Å². The van der Waals surface area contributed by atoms with E-state index < -0.39 is 20.7 Å². The summed E-state index contributed by atoms with van der Waals surface area (Å²) in [5, 5.41) is 3.07. The average molecular weight is 464 g/mol. The fourth-order valence-electron chi connectivity index (χ4n) is 4.28. The van der Waals surface area contributed by atoms with Crippen molar-refractivity contribution in [3.8, 4) is 0 Å². The number of hydrogen-bond donors (Lipinski definition) is 2. The molecular formula is C23H30FN3O4S. The number of rotatable bonds is 6. The van der Waals surface area contributed by atoms with Crippen LogP contribution in [0.4, 0.5) is 10.2 Å². The molecule has 0 amide bonds. The number of nitrogens with zero attached hydrogens (tertiary/aromatic N) is 1. The van der Waals surface area contributed by atoms with Crippen molar-refractivity contribution in [1.29, 1.82) is 0 Å². The molecule has 1 aromatic heterocycles. The molecule has 0 saturated heterocycles. The van der Waals surface area contributed by atoms with E-state index in [2.05, 4.69) is 28.0 Å². The van der Waals surface area contributed by atoms with Crippen LogP contribution in [0.25, 0.3) is 0 Å². The van der Waals surface area contributed by atoms with Gasteiger partial charge in [-0.1, -0.05) is 0 Å². The number of nitrogens with one attached hydrogen (secondary N) is 2. The van der Waals surface area contributed by atoms with Crippen molar-refractivity contribution >= 4 is 22.1 Å². The van der Waals surface area contributed by atoms with E-state index in [1.807, 2.05) is 13.2 Å². The summed E-state index contributed by atoms with van der Waals surface area (Å²) in [6.07, 6.45) is 8.06. The van der Waals surface area contributed by atoms with Gasteiger partial charge in [-0.2, -0.15) is 0 Å². The predicted octanol–water partition coefficient (Wildman–Crippen LogP) is 3.05. The molecule has 2 aromatic rings. The first-order valence-corrected chi connectivity index (χ1v) is 12.3. The first kappa shape index (κ1) is 24.3. The van der Waals surface area contributed by atoms with Crippen molar-refractivity contribution < 1.29 is 22.3 Å². The zero-order chi connectivity index (χ0) is 23.3. The molecule has 1 atom stereocenters. The van der Waals surface area contributed by atoms with Gasteiger partial charge in [-0.3, -0.25) is 4.79 Å². The third kappa shape index (κ3) is 5.16. The van der Waals surface area contributed by atoms with Crippen LogP contribution in [-0.4, -0.2) is 46.5 Å². The highest BCUT2D eigenvalue weighted by molar-refractivity contribution is 7.89. The minimum absolute atomic E-state index is 0.271. The zero-order valence-electron chi connectivity index (χ0n) is 18.7. The molecule has 1 heterocycles. The maximum atomic E-state index is 14.0. The highest BCUT2D eigenvalue weighted by Crippen LogP contribution is 2.31. The van der Waals surface area contributed by atoms with Crippen molar-refractivity contribution in [2.45, 2.75) is 56.4 Å². The molecule has 9 heteroatoms. The van der Waals surface area contributed by atoms with Crippen molar-refractivity contribution in [1.82, 2.24) is 9.71 Å². The first-order chi connectivity index (χ1) is 15.3. The second-order valence-corrected chi connectivity index (χ2v) is 9.68. The molecule has 0 spiro atoms. The van der Waals surface area contributed by atoms with Gasteiger partial charge in [-0.15, -0.1) is 0 Å². The molecule has 0 fully saturated rings. The van der Waals surface area contributed by atoms with Crippen LogP contribution < -0.4 is 10.0 Å². The number of carbonyl (C=O) groups is 1. The molecule has 0 saturated carbocycles. The quantitative estimate of drug-likeness (QED) is 0.639. The second kappa shape index (κ2) is 10.5. The van der Waals surface area contributed by atoms with Crippen LogP contribution in [0.3, 0.4) is 0 Å². The number of fused-ring (bicyclic) bond motifs is 2. The number of anilines is 1. The van der Waals surface area contributed by atoms with Crippen molar-refractivity contribution in [3.05, 3.63) is 52.0 Å². The summed E-state index contributed by atoms with van der Waals surface area (Å²) < 4.78 is 45.0. The monoisotopic (exact) mass is 463 g/mol. The Morgan fingerprint density at radius 2 is 1.94 bits per heavy atom. The van der Waals surface area contributed by atoms with Crippen molar-refractivity contribution in [2.24, 2.45) is 0 Å². The average Bonchev–Trinajstić information content (AvgIpc) is 3.30. The van der Waals surface area contributed by atoms with E-state index in [9.17, 15) is 17.6 Å². The Kier molecular flexibility index (Phi) is 7.97. The molecule has 4 rings (SSSR count). The SMILES string of the molecule is CCOC1CCc2cc(NC)ncc2C1.CNS(=O)(=O)c1cc(C=O)c2c(c1F)CCC2. The third-order valence-electron chi connectivity index (χ3n) is 5.94. The van der Waals surface area contributed by atoms with Gasteiger partial charge in [0, 0.05) is 31.8 Å². The van der Waals surface area contributed by atoms with Gasteiger partial charge in [-0.25, -0.2) is 22.5 Å². The number of aryl methyl sites for hydroxylation is 1. The Labute approximate surface area is 188 Å². The normalized spacial score (nSPS) is 17.1. The van der Waals surface area contributed by atoms with Gasteiger partial charge in [0.25, 0.3) is 0 Å². The fourth-order valence-corrected chi connectivity index (χ4v) is 5.14. The lowest BCUT2D eigenvalue weighted by molar-refractivity contribution is 0.0534. The molecule has 1 unspecified atom stereocenters. The van der Waals surface area contributed by atoms with Gasteiger partial charge in [-0.05, 0) is 80.5 Å². The number of carbonyl (C=O) groups excluding carboxylic acids is 1. The van der Waals surface area contributed by atoms with E-state index in [0.717, 1.165) is 44.2 Å². The smallest absolute Gasteiger partial charge is 0.243 e. The summed E-state index contributed by atoms with van der Waals surface area (Å²) in [6, 6.07) is 3.26. The van der Waals surface area contributed by atoms with Crippen LogP contribution >= 0.6 is 0 Å². The minimum atomic E-state index is -3.87. The van der Waals surface area contributed by atoms with E-state index in [4.69, 9.17) is 4.74 Å². The molecule has 7 nitrogen and oxygen atoms in total. The summed E-state index contributed by atoms with van der Waals surface area (Å²) in [5.74, 6) is 0.237. The lowest BCUT2D eigenvalue weighted by atomic mass is 9.91. The Morgan fingerprint density at radius 1 is 1.19 bits per heavy atom. The summed E-state index contributed by atoms with van der Waals surface area (Å²) >= 11 is 0. The Morgan fingerprint density at radius 3 is 2.59 bits per heavy atom. The lowest BCUT2D eigenvalue weighted by Gasteiger charge is -2.24. The number of aromatic nitrogens is 1. The van der Waals surface area contributed by atoms with Crippen molar-refractivity contribution in [2.75, 3.05) is 26.0 Å². The fraction of sp³-hybridized carbons (Fsp3) is 0.478. The van der Waals surface area contributed by atoms with E-state index >= 15 is 0 Å². The molecule has 2 aliphatic rings. The predicted molar refractivity (Wildman–Crippen MR) is 121 cm³/mol. The Balaban J connectivity index is 0.000000182. The summed E-state index contributed by atoms with van der Waals surface area (Å²) in [5.41, 5.74) is 4.05. The third-order valence-corrected chi connectivity index (χ3v) is 7.36. The molecule has 32 heavy (non-hydrogen) atoms. The lowest BCUT2D eigenvalue weighted by Crippen LogP contribution is -2.22. The minimum Gasteiger partial charge on any atom is -0.378 e. The molecule has 0 bridgehead atoms. The number of hydrogen-bond acceptors (Lipinski definition) is 6. The molecule has 0 radical (unpaired) electrons. The van der Waals surface area contributed by atoms with Crippen LogP contribution in [0, 0.1) is 5.82 Å². The zero-order valence-corrected chi connectivity index (χ0v) is 19.5. The largest absolute Gasteiger partial charge is 0.378 e. The molecular weight excluding hydrogens is 433 g/mol. The summed E-state index contributed by atoms with van der Waals surface area (Å²) in [7, 11) is -0.753. The summed E-state index contributed by atoms with van der Waals surface area (Å²) in [6.45, 7) is 2.86. The number of pyridine rings is 1. The van der Waals surface area contributed by atoms with E-state index in [0.29, 0.717) is 36.4 Å². The van der Waals surface area contributed by atoms with Crippen molar-refractivity contribution in [3.63, 3.8) is 0 Å². The van der Waals surface area contributed by atoms with Gasteiger partial charge in [0.15, 0.2) is 0 Å². The highest BCUT2D eigenvalue weighted by Gasteiger charge is 2.27. The van der Waals surface area contributed by atoms with E-state index in [1.54, 1.807) is 0 Å². The summed E-state index contributed by atoms with van der Waals surface area (Å²) in [4.78, 5) is 14.8. The Hall–Kier alpha value is -2.36. The number of aldehydes is 1. The Bertz CT molecular complexity index is 1090. The molecule has 2 N–H and O–H groups in total. The standard InChI is InChI=1S/C12H18N2O.C11H12FNO3S/c1-3-15-11-5-4-9-7-12(13-2)14-8-10(9)6-11;1-13-17(15,16)10-5-7(6-14)8-3-2-4-9(8)11(10)12/h7-8,11H,3-6H2,1-2H3,(H,13,14);5-6,13H,2-4H2,1H3. The van der Waals surface area contributed by atoms with E-state index in [-0.39, 0.29) is 5.56 Å². The molecule has 1 aromatic carbocycles. The van der Waals surface area contributed by atoms with Crippen LogP contribution in [0.5, 0.6) is 0 Å². The molecule has 0 aliphatic heterocycles. The van der Waals surface area contributed by atoms with Crippen LogP contribution in [0.2, 0.25) is 0 Å².